The molecule has 0 aromatic rings. The van der Waals surface area contributed by atoms with Crippen molar-refractivity contribution < 1.29 is 9.59 Å². The Bertz CT molecular complexity index is 599. The van der Waals surface area contributed by atoms with Crippen LogP contribution >= 0.6 is 0 Å². The molecule has 2 amide bonds. The molecule has 22 heavy (non-hydrogen) atoms. The summed E-state index contributed by atoms with van der Waals surface area (Å²) in [6, 6.07) is -0.144. The summed E-state index contributed by atoms with van der Waals surface area (Å²) in [6.07, 6.45) is 8.98. The largest absolute Gasteiger partial charge is 0.357 e. The highest BCUT2D eigenvalue weighted by atomic mass is 16.2. The number of hydrogen-bond donors (Lipinski definition) is 0. The molecule has 1 fully saturated rings. The first kappa shape index (κ1) is 14.7. The van der Waals surface area contributed by atoms with E-state index in [1.165, 1.54) is 18.4 Å². The fraction of sp³-hybridized carbons (Fsp3) is 0.500. The zero-order chi connectivity index (χ0) is 15.9. The lowest BCUT2D eigenvalue weighted by Crippen LogP contribution is -2.54. The van der Waals surface area contributed by atoms with E-state index in [2.05, 4.69) is 4.90 Å². The highest BCUT2D eigenvalue weighted by Gasteiger charge is 2.36. The molecule has 3 rings (SSSR count). The Morgan fingerprint density at radius 2 is 1.77 bits per heavy atom. The van der Waals surface area contributed by atoms with Gasteiger partial charge in [0.05, 0.1) is 6.20 Å². The number of fused-ring (bicyclic) bond motifs is 1. The molecule has 6 heteroatoms. The Labute approximate surface area is 130 Å². The molecule has 118 valence electrons. The average Bonchev–Trinajstić information content (AvgIpc) is 2.51. The number of hydrazine groups is 1. The second kappa shape index (κ2) is 5.51. The molecule has 0 aromatic carbocycles. The molecule has 0 bridgehead atoms. The van der Waals surface area contributed by atoms with Crippen LogP contribution in [0.4, 0.5) is 4.79 Å². The average molecular weight is 302 g/mol. The third-order valence-corrected chi connectivity index (χ3v) is 4.27. The van der Waals surface area contributed by atoms with Crippen LogP contribution in [0.25, 0.3) is 0 Å². The van der Waals surface area contributed by atoms with Crippen LogP contribution in [-0.2, 0) is 4.79 Å². The molecule has 3 heterocycles. The van der Waals surface area contributed by atoms with Crippen LogP contribution < -0.4 is 0 Å². The summed E-state index contributed by atoms with van der Waals surface area (Å²) in [5.41, 5.74) is 1.41. The maximum atomic E-state index is 12.7. The number of piperidine rings is 1. The van der Waals surface area contributed by atoms with Crippen LogP contribution in [0.15, 0.2) is 35.6 Å². The number of ketones is 1. The summed E-state index contributed by atoms with van der Waals surface area (Å²) < 4.78 is 0. The van der Waals surface area contributed by atoms with Gasteiger partial charge in [-0.1, -0.05) is 0 Å². The minimum absolute atomic E-state index is 0.0518. The van der Waals surface area contributed by atoms with E-state index in [0.29, 0.717) is 5.70 Å². The third kappa shape index (κ3) is 2.38. The lowest BCUT2D eigenvalue weighted by atomic mass is 10.1. The van der Waals surface area contributed by atoms with Gasteiger partial charge in [-0.05, 0) is 37.8 Å². The summed E-state index contributed by atoms with van der Waals surface area (Å²) in [4.78, 5) is 28.5. The van der Waals surface area contributed by atoms with Crippen LogP contribution in [0.5, 0.6) is 0 Å². The van der Waals surface area contributed by atoms with E-state index >= 15 is 0 Å². The number of carbonyl (C=O) groups is 2. The molecule has 0 aromatic heterocycles. The van der Waals surface area contributed by atoms with Crippen LogP contribution in [0, 0.1) is 0 Å². The van der Waals surface area contributed by atoms with Gasteiger partial charge in [0.25, 0.3) is 0 Å². The normalized spacial score (nSPS) is 22.1. The van der Waals surface area contributed by atoms with Crippen molar-refractivity contribution in [2.24, 2.45) is 0 Å². The van der Waals surface area contributed by atoms with Crippen molar-refractivity contribution in [2.75, 3.05) is 20.1 Å². The molecule has 0 saturated carbocycles. The van der Waals surface area contributed by atoms with Gasteiger partial charge in [0.1, 0.15) is 11.5 Å². The summed E-state index contributed by atoms with van der Waals surface area (Å²) in [6.45, 7) is 5.31. The van der Waals surface area contributed by atoms with Crippen LogP contribution in [0.3, 0.4) is 0 Å². The predicted octanol–water partition coefficient (Wildman–Crippen LogP) is 2.25. The minimum atomic E-state index is -0.144. The van der Waals surface area contributed by atoms with Crippen molar-refractivity contribution in [2.45, 2.75) is 33.1 Å². The Morgan fingerprint density at radius 3 is 2.41 bits per heavy atom. The summed E-state index contributed by atoms with van der Waals surface area (Å²) in [5, 5.41) is 3.17. The first-order valence-electron chi connectivity index (χ1n) is 7.73. The topological polar surface area (TPSA) is 47.1 Å². The predicted molar refractivity (Wildman–Crippen MR) is 82.9 cm³/mol. The fourth-order valence-electron chi connectivity index (χ4n) is 3.10. The van der Waals surface area contributed by atoms with E-state index in [4.69, 9.17) is 0 Å². The molecular weight excluding hydrogens is 280 g/mol. The van der Waals surface area contributed by atoms with Gasteiger partial charge in [-0.15, -0.1) is 0 Å². The number of Topliss-reactive ketones (excluding diaryl/α,β-unsaturated/α-hetero) is 1. The monoisotopic (exact) mass is 302 g/mol. The lowest BCUT2D eigenvalue weighted by molar-refractivity contribution is -0.116. The smallest absolute Gasteiger partial charge is 0.348 e. The second-order valence-corrected chi connectivity index (χ2v) is 6.02. The van der Waals surface area contributed by atoms with Gasteiger partial charge in [0.15, 0.2) is 5.78 Å². The Balaban J connectivity index is 2.00. The van der Waals surface area contributed by atoms with E-state index in [9.17, 15) is 9.59 Å². The van der Waals surface area contributed by atoms with Crippen molar-refractivity contribution in [1.82, 2.24) is 19.8 Å². The van der Waals surface area contributed by atoms with E-state index in [0.717, 1.165) is 37.3 Å². The first-order chi connectivity index (χ1) is 10.5. The number of carbonyl (C=O) groups excluding carboxylic acids is 2. The molecule has 0 aliphatic carbocycles. The molecule has 0 N–H and O–H groups in total. The van der Waals surface area contributed by atoms with Gasteiger partial charge in [0.2, 0.25) is 0 Å². The molecule has 6 nitrogen and oxygen atoms in total. The third-order valence-electron chi connectivity index (χ3n) is 4.27. The molecule has 0 radical (unpaired) electrons. The molecule has 3 aliphatic rings. The highest BCUT2D eigenvalue weighted by Crippen LogP contribution is 2.29. The lowest BCUT2D eigenvalue weighted by Gasteiger charge is -2.45. The quantitative estimate of drug-likeness (QED) is 0.785. The molecule has 3 aliphatic heterocycles. The Morgan fingerprint density at radius 1 is 1.09 bits per heavy atom. The maximum absolute atomic E-state index is 12.7. The zero-order valence-electron chi connectivity index (χ0n) is 13.4. The SMILES string of the molecule is CC(=O)C1=CC(C)=CN2C(=O)N(C)C(N3CCCCC3)=CN12. The molecule has 1 saturated heterocycles. The number of allylic oxidation sites excluding steroid dienone is 3. The minimum Gasteiger partial charge on any atom is -0.357 e. The highest BCUT2D eigenvalue weighted by molar-refractivity contribution is 5.94. The zero-order valence-corrected chi connectivity index (χ0v) is 13.4. The number of nitrogens with zero attached hydrogens (tertiary/aromatic N) is 4. The number of urea groups is 1. The number of hydrogen-bond acceptors (Lipinski definition) is 4. The maximum Gasteiger partial charge on any atom is 0.348 e. The van der Waals surface area contributed by atoms with Gasteiger partial charge in [0, 0.05) is 33.3 Å². The molecule has 0 atom stereocenters. The van der Waals surface area contributed by atoms with Gasteiger partial charge in [-0.2, -0.15) is 0 Å². The van der Waals surface area contributed by atoms with E-state index in [1.807, 2.05) is 19.2 Å². The number of rotatable bonds is 2. The summed E-state index contributed by atoms with van der Waals surface area (Å²) >= 11 is 0. The number of amides is 2. The van der Waals surface area contributed by atoms with E-state index in [1.54, 1.807) is 23.2 Å². The van der Waals surface area contributed by atoms with E-state index < -0.39 is 0 Å². The van der Waals surface area contributed by atoms with Gasteiger partial charge in [-0.25, -0.2) is 14.8 Å². The van der Waals surface area contributed by atoms with Crippen molar-refractivity contribution in [1.29, 1.82) is 0 Å². The first-order valence-corrected chi connectivity index (χ1v) is 7.73. The summed E-state index contributed by atoms with van der Waals surface area (Å²) in [7, 11) is 1.79. The Hall–Kier alpha value is -2.24. The van der Waals surface area contributed by atoms with Gasteiger partial charge >= 0.3 is 6.03 Å². The van der Waals surface area contributed by atoms with E-state index in [-0.39, 0.29) is 11.8 Å². The van der Waals surface area contributed by atoms with Gasteiger partial charge < -0.3 is 4.90 Å². The molecule has 0 unspecified atom stereocenters. The summed E-state index contributed by atoms with van der Waals surface area (Å²) in [5.74, 6) is 0.810. The molecule has 0 spiro atoms. The van der Waals surface area contributed by atoms with Crippen molar-refractivity contribution in [3.63, 3.8) is 0 Å². The van der Waals surface area contributed by atoms with Crippen LogP contribution in [0.1, 0.15) is 33.1 Å². The number of likely N-dealkylation sites (tertiary alicyclic amines) is 1. The van der Waals surface area contributed by atoms with Crippen LogP contribution in [0.2, 0.25) is 0 Å². The van der Waals surface area contributed by atoms with Crippen molar-refractivity contribution in [3.05, 3.63) is 35.6 Å². The second-order valence-electron chi connectivity index (χ2n) is 6.02. The van der Waals surface area contributed by atoms with Gasteiger partial charge in [-0.3, -0.25) is 9.69 Å². The Kier molecular flexibility index (Phi) is 3.68. The molecular formula is C16H22N4O2. The fourth-order valence-corrected chi connectivity index (χ4v) is 3.10. The van der Waals surface area contributed by atoms with Crippen molar-refractivity contribution >= 4 is 11.8 Å². The van der Waals surface area contributed by atoms with Crippen LogP contribution in [-0.4, -0.2) is 51.8 Å². The van der Waals surface area contributed by atoms with Crippen molar-refractivity contribution in [3.8, 4) is 0 Å². The standard InChI is InChI=1S/C16H22N4O2/c1-12-9-14(13(2)21)19-11-15(18-7-5-4-6-8-18)17(3)16(22)20(19)10-12/h9-11H,4-8H2,1-3H3.